The van der Waals surface area contributed by atoms with Gasteiger partial charge in [0.2, 0.25) is 0 Å². The molecule has 10 heteroatoms. The predicted molar refractivity (Wildman–Crippen MR) is 95.1 cm³/mol. The lowest BCUT2D eigenvalue weighted by Crippen LogP contribution is -2.48. The zero-order chi connectivity index (χ0) is 19.6. The molecule has 0 aliphatic carbocycles. The average molecular weight is 398 g/mol. The van der Waals surface area contributed by atoms with E-state index >= 15 is 0 Å². The van der Waals surface area contributed by atoms with Gasteiger partial charge in [0, 0.05) is 19.3 Å². The Morgan fingerprint density at radius 1 is 1.37 bits per heavy atom. The molecular formula is C17H17F3N4O2S. The molecule has 0 N–H and O–H groups in total. The summed E-state index contributed by atoms with van der Waals surface area (Å²) < 4.78 is 47.2. The van der Waals surface area contributed by atoms with E-state index in [1.165, 1.54) is 0 Å². The van der Waals surface area contributed by atoms with Gasteiger partial charge in [-0.3, -0.25) is 4.98 Å². The van der Waals surface area contributed by atoms with Crippen molar-refractivity contribution in [3.63, 3.8) is 0 Å². The maximum absolute atomic E-state index is 12.3. The zero-order valence-electron chi connectivity index (χ0n) is 14.7. The van der Waals surface area contributed by atoms with E-state index in [1.54, 1.807) is 18.3 Å². The fraction of sp³-hybridized carbons (Fsp3) is 0.471. The number of benzene rings is 1. The summed E-state index contributed by atoms with van der Waals surface area (Å²) in [6.07, 6.45) is 0.874. The first-order chi connectivity index (χ1) is 12.8. The summed E-state index contributed by atoms with van der Waals surface area (Å²) in [4.78, 5) is 10.8. The van der Waals surface area contributed by atoms with Crippen molar-refractivity contribution in [3.8, 4) is 6.07 Å². The SMILES string of the molecule is Cc1cnc2c(C#N)ccc(N3CC(C)OC(COSC(F)(F)F)C3)c2n1. The molecule has 2 atom stereocenters. The number of halogens is 3. The van der Waals surface area contributed by atoms with Crippen LogP contribution in [0.2, 0.25) is 0 Å². The summed E-state index contributed by atoms with van der Waals surface area (Å²) in [6, 6.07) is 5.56. The molecule has 1 aromatic carbocycles. The van der Waals surface area contributed by atoms with Crippen LogP contribution in [0, 0.1) is 18.3 Å². The Labute approximate surface area is 158 Å². The second-order valence-electron chi connectivity index (χ2n) is 6.24. The molecule has 2 aromatic rings. The van der Waals surface area contributed by atoms with Crippen molar-refractivity contribution >= 4 is 28.8 Å². The third-order valence-electron chi connectivity index (χ3n) is 3.99. The number of hydrogen-bond acceptors (Lipinski definition) is 7. The van der Waals surface area contributed by atoms with E-state index in [4.69, 9.17) is 4.74 Å². The van der Waals surface area contributed by atoms with Crippen LogP contribution >= 0.6 is 12.0 Å². The summed E-state index contributed by atoms with van der Waals surface area (Å²) in [5.41, 5.74) is -1.46. The molecule has 0 bridgehead atoms. The van der Waals surface area contributed by atoms with Gasteiger partial charge in [-0.15, -0.1) is 0 Å². The highest BCUT2D eigenvalue weighted by Gasteiger charge is 2.32. The summed E-state index contributed by atoms with van der Waals surface area (Å²) in [7, 11) is 0. The number of aromatic nitrogens is 2. The van der Waals surface area contributed by atoms with Gasteiger partial charge in [0.05, 0.1) is 35.8 Å². The number of nitriles is 1. The van der Waals surface area contributed by atoms with E-state index in [-0.39, 0.29) is 12.7 Å². The van der Waals surface area contributed by atoms with Crippen molar-refractivity contribution in [1.82, 2.24) is 9.97 Å². The van der Waals surface area contributed by atoms with Gasteiger partial charge >= 0.3 is 5.51 Å². The van der Waals surface area contributed by atoms with Crippen LogP contribution in [0.3, 0.4) is 0 Å². The first-order valence-corrected chi connectivity index (χ1v) is 8.95. The quantitative estimate of drug-likeness (QED) is 0.729. The lowest BCUT2D eigenvalue weighted by molar-refractivity contribution is -0.0521. The van der Waals surface area contributed by atoms with E-state index < -0.39 is 23.7 Å². The molecule has 1 aliphatic heterocycles. The standard InChI is InChI=1S/C17H17F3N4O2S/c1-10-6-22-15-12(5-21)3-4-14(16(15)23-10)24-7-11(2)26-13(8-24)9-25-27-17(18,19)20/h3-4,6,11,13H,7-9H2,1-2H3. The molecule has 1 aliphatic rings. The lowest BCUT2D eigenvalue weighted by atomic mass is 10.1. The van der Waals surface area contributed by atoms with Crippen LogP contribution in [0.25, 0.3) is 11.0 Å². The number of ether oxygens (including phenoxy) is 1. The Bertz CT molecular complexity index is 872. The topological polar surface area (TPSA) is 71.3 Å². The number of nitrogens with zero attached hydrogens (tertiary/aromatic N) is 4. The summed E-state index contributed by atoms with van der Waals surface area (Å²) in [5.74, 6) is 0. The number of hydrogen-bond donors (Lipinski definition) is 0. The second-order valence-corrected chi connectivity index (χ2v) is 7.11. The van der Waals surface area contributed by atoms with Gasteiger partial charge in [0.25, 0.3) is 0 Å². The summed E-state index contributed by atoms with van der Waals surface area (Å²) in [5, 5.41) is 9.29. The predicted octanol–water partition coefficient (Wildman–Crippen LogP) is 3.59. The molecule has 1 saturated heterocycles. The van der Waals surface area contributed by atoms with Crippen molar-refractivity contribution in [2.24, 2.45) is 0 Å². The van der Waals surface area contributed by atoms with Crippen LogP contribution in [-0.2, 0) is 8.92 Å². The van der Waals surface area contributed by atoms with Crippen molar-refractivity contribution in [2.75, 3.05) is 24.6 Å². The maximum atomic E-state index is 12.3. The molecule has 3 rings (SSSR count). The van der Waals surface area contributed by atoms with E-state index in [2.05, 4.69) is 20.2 Å². The largest absolute Gasteiger partial charge is 0.467 e. The Kier molecular flexibility index (Phi) is 5.74. The van der Waals surface area contributed by atoms with Gasteiger partial charge in [-0.05, 0) is 26.0 Å². The summed E-state index contributed by atoms with van der Waals surface area (Å²) in [6.45, 7) is 4.35. The Balaban J connectivity index is 1.85. The molecule has 144 valence electrons. The highest BCUT2D eigenvalue weighted by Crippen LogP contribution is 2.32. The van der Waals surface area contributed by atoms with E-state index in [0.717, 1.165) is 5.69 Å². The van der Waals surface area contributed by atoms with E-state index in [9.17, 15) is 18.4 Å². The fourth-order valence-electron chi connectivity index (χ4n) is 3.03. The Morgan fingerprint density at radius 2 is 2.15 bits per heavy atom. The normalized spacial score (nSPS) is 20.7. The smallest absolute Gasteiger partial charge is 0.369 e. The van der Waals surface area contributed by atoms with E-state index in [1.807, 2.05) is 18.7 Å². The van der Waals surface area contributed by atoms with Gasteiger partial charge in [0.1, 0.15) is 29.1 Å². The van der Waals surface area contributed by atoms with Gasteiger partial charge in [0.15, 0.2) is 0 Å². The monoisotopic (exact) mass is 398 g/mol. The highest BCUT2D eigenvalue weighted by atomic mass is 32.2. The molecule has 0 amide bonds. The zero-order valence-corrected chi connectivity index (χ0v) is 15.5. The summed E-state index contributed by atoms with van der Waals surface area (Å²) >= 11 is -0.522. The first kappa shape index (κ1) is 19.7. The second kappa shape index (κ2) is 7.88. The van der Waals surface area contributed by atoms with Gasteiger partial charge in [-0.25, -0.2) is 4.98 Å². The van der Waals surface area contributed by atoms with Gasteiger partial charge in [-0.1, -0.05) is 0 Å². The minimum atomic E-state index is -4.45. The van der Waals surface area contributed by atoms with Crippen LogP contribution in [0.1, 0.15) is 18.2 Å². The van der Waals surface area contributed by atoms with Crippen molar-refractivity contribution in [1.29, 1.82) is 5.26 Å². The Hall–Kier alpha value is -2.09. The van der Waals surface area contributed by atoms with Crippen LogP contribution in [0.15, 0.2) is 18.3 Å². The molecule has 27 heavy (non-hydrogen) atoms. The molecule has 6 nitrogen and oxygen atoms in total. The minimum absolute atomic E-state index is 0.191. The number of morpholine rings is 1. The number of anilines is 1. The third kappa shape index (κ3) is 4.80. The third-order valence-corrected chi connectivity index (χ3v) is 4.44. The molecule has 0 spiro atoms. The first-order valence-electron chi connectivity index (χ1n) is 8.21. The number of alkyl halides is 3. The van der Waals surface area contributed by atoms with Crippen LogP contribution in [0.5, 0.6) is 0 Å². The average Bonchev–Trinajstić information content (AvgIpc) is 2.59. The number of aryl methyl sites for hydroxylation is 1. The maximum Gasteiger partial charge on any atom is 0.467 e. The van der Waals surface area contributed by atoms with Gasteiger partial charge < -0.3 is 13.8 Å². The molecule has 0 radical (unpaired) electrons. The van der Waals surface area contributed by atoms with Crippen molar-refractivity contribution in [3.05, 3.63) is 29.6 Å². The van der Waals surface area contributed by atoms with Crippen LogP contribution in [-0.4, -0.2) is 47.4 Å². The highest BCUT2D eigenvalue weighted by molar-refractivity contribution is 7.95. The molecule has 2 unspecified atom stereocenters. The molecular weight excluding hydrogens is 381 g/mol. The molecule has 1 fully saturated rings. The molecule has 0 saturated carbocycles. The van der Waals surface area contributed by atoms with Crippen molar-refractivity contribution in [2.45, 2.75) is 31.6 Å². The fourth-order valence-corrected chi connectivity index (χ4v) is 3.38. The van der Waals surface area contributed by atoms with Gasteiger partial charge in [-0.2, -0.15) is 18.4 Å². The van der Waals surface area contributed by atoms with Crippen LogP contribution < -0.4 is 4.90 Å². The van der Waals surface area contributed by atoms with E-state index in [0.29, 0.717) is 35.4 Å². The molecule has 1 aromatic heterocycles. The number of rotatable bonds is 4. The Morgan fingerprint density at radius 3 is 2.85 bits per heavy atom. The lowest BCUT2D eigenvalue weighted by Gasteiger charge is -2.38. The molecule has 2 heterocycles. The van der Waals surface area contributed by atoms with Crippen LogP contribution in [0.4, 0.5) is 18.9 Å². The number of fused-ring (bicyclic) bond motifs is 1. The minimum Gasteiger partial charge on any atom is -0.369 e. The van der Waals surface area contributed by atoms with Crippen molar-refractivity contribution < 1.29 is 22.1 Å².